The number of benzene rings is 2. The van der Waals surface area contributed by atoms with Crippen LogP contribution in [0.25, 0.3) is 22.4 Å². The highest BCUT2D eigenvalue weighted by Crippen LogP contribution is 2.40. The van der Waals surface area contributed by atoms with Gasteiger partial charge in [-0.1, -0.05) is 0 Å². The van der Waals surface area contributed by atoms with Crippen LogP contribution in [-0.4, -0.2) is 31.0 Å². The molecule has 4 rings (SSSR count). The van der Waals surface area contributed by atoms with Crippen molar-refractivity contribution in [1.29, 1.82) is 0 Å². The monoisotopic (exact) mass is 516 g/mol. The summed E-state index contributed by atoms with van der Waals surface area (Å²) in [6.07, 6.45) is 3.23. The number of halogens is 2. The van der Waals surface area contributed by atoms with Crippen LogP contribution >= 0.6 is 31.9 Å². The van der Waals surface area contributed by atoms with Gasteiger partial charge in [0, 0.05) is 36.7 Å². The van der Waals surface area contributed by atoms with E-state index in [1.54, 1.807) is 25.4 Å². The van der Waals surface area contributed by atoms with Crippen LogP contribution in [0.2, 0.25) is 0 Å². The number of nitrogens with zero attached hydrogens (tertiary/aromatic N) is 3. The SMILES string of the molecule is Cn1cc(-c2nc3ccc(N=Cc4cc(Br)c(O)c(Br)c4O)cc3[nH]2)ccc1=O. The van der Waals surface area contributed by atoms with Crippen LogP contribution in [0.4, 0.5) is 5.69 Å². The van der Waals surface area contributed by atoms with Crippen LogP contribution in [0, 0.1) is 0 Å². The molecule has 0 saturated heterocycles. The van der Waals surface area contributed by atoms with Gasteiger partial charge in [0.05, 0.1) is 21.2 Å². The third-order valence-corrected chi connectivity index (χ3v) is 5.73. The van der Waals surface area contributed by atoms with Gasteiger partial charge in [0.1, 0.15) is 21.8 Å². The zero-order valence-electron chi connectivity index (χ0n) is 15.0. The molecule has 0 spiro atoms. The lowest BCUT2D eigenvalue weighted by Gasteiger charge is -2.06. The van der Waals surface area contributed by atoms with E-state index in [-0.39, 0.29) is 21.5 Å². The summed E-state index contributed by atoms with van der Waals surface area (Å²) in [6, 6.07) is 10.3. The number of H-pyrrole nitrogens is 1. The van der Waals surface area contributed by atoms with Gasteiger partial charge in [0.2, 0.25) is 5.56 Å². The highest BCUT2D eigenvalue weighted by molar-refractivity contribution is 9.11. The Morgan fingerprint density at radius 2 is 1.93 bits per heavy atom. The van der Waals surface area contributed by atoms with E-state index < -0.39 is 0 Å². The smallest absolute Gasteiger partial charge is 0.250 e. The molecule has 0 radical (unpaired) electrons. The molecule has 146 valence electrons. The molecule has 0 unspecified atom stereocenters. The molecular weight excluding hydrogens is 504 g/mol. The van der Waals surface area contributed by atoms with Crippen LogP contribution in [-0.2, 0) is 7.05 Å². The number of phenols is 2. The largest absolute Gasteiger partial charge is 0.506 e. The molecule has 0 fully saturated rings. The Morgan fingerprint density at radius 3 is 2.69 bits per heavy atom. The molecule has 0 aliphatic heterocycles. The van der Waals surface area contributed by atoms with Crippen molar-refractivity contribution in [3.8, 4) is 22.9 Å². The molecule has 0 atom stereocenters. The van der Waals surface area contributed by atoms with E-state index in [1.807, 2.05) is 18.2 Å². The summed E-state index contributed by atoms with van der Waals surface area (Å²) in [5.74, 6) is 0.472. The molecule has 0 bridgehead atoms. The van der Waals surface area contributed by atoms with Gasteiger partial charge in [0.15, 0.2) is 0 Å². The summed E-state index contributed by atoms with van der Waals surface area (Å²) in [7, 11) is 1.69. The normalized spacial score (nSPS) is 11.6. The number of phenolic OH excluding ortho intramolecular Hbond substituents is 2. The molecule has 0 aliphatic rings. The minimum Gasteiger partial charge on any atom is -0.506 e. The fraction of sp³-hybridized carbons (Fsp3) is 0.0500. The lowest BCUT2D eigenvalue weighted by atomic mass is 10.2. The Hall–Kier alpha value is -2.91. The summed E-state index contributed by atoms with van der Waals surface area (Å²) < 4.78 is 2.13. The predicted octanol–water partition coefficient (Wildman–Crippen LogP) is 4.62. The van der Waals surface area contributed by atoms with E-state index in [0.717, 1.165) is 16.6 Å². The van der Waals surface area contributed by atoms with Gasteiger partial charge in [-0.25, -0.2) is 4.98 Å². The van der Waals surface area contributed by atoms with Crippen molar-refractivity contribution in [2.75, 3.05) is 0 Å². The van der Waals surface area contributed by atoms with E-state index in [1.165, 1.54) is 16.8 Å². The lowest BCUT2D eigenvalue weighted by molar-refractivity contribution is 0.442. The van der Waals surface area contributed by atoms with Crippen molar-refractivity contribution in [1.82, 2.24) is 14.5 Å². The molecular formula is C20H14Br2N4O3. The molecule has 2 aromatic heterocycles. The lowest BCUT2D eigenvalue weighted by Crippen LogP contribution is -2.14. The number of imidazole rings is 1. The van der Waals surface area contributed by atoms with E-state index >= 15 is 0 Å². The predicted molar refractivity (Wildman–Crippen MR) is 119 cm³/mol. The van der Waals surface area contributed by atoms with Crippen molar-refractivity contribution in [3.63, 3.8) is 0 Å². The fourth-order valence-electron chi connectivity index (χ4n) is 2.81. The first-order chi connectivity index (χ1) is 13.8. The highest BCUT2D eigenvalue weighted by Gasteiger charge is 2.13. The maximum absolute atomic E-state index is 11.6. The van der Waals surface area contributed by atoms with E-state index in [2.05, 4.69) is 46.8 Å². The summed E-state index contributed by atoms with van der Waals surface area (Å²) in [5, 5.41) is 20.0. The number of hydrogen-bond acceptors (Lipinski definition) is 5. The van der Waals surface area contributed by atoms with Gasteiger partial charge in [-0.2, -0.15) is 0 Å². The van der Waals surface area contributed by atoms with Crippen LogP contribution in [0.3, 0.4) is 0 Å². The molecule has 9 heteroatoms. The van der Waals surface area contributed by atoms with Crippen molar-refractivity contribution in [2.24, 2.45) is 12.0 Å². The summed E-state index contributed by atoms with van der Waals surface area (Å²) >= 11 is 6.38. The minimum atomic E-state index is -0.103. The number of aromatic nitrogens is 3. The Labute approximate surface area is 181 Å². The summed E-state index contributed by atoms with van der Waals surface area (Å²) in [4.78, 5) is 23.8. The molecule has 0 aliphatic carbocycles. The summed E-state index contributed by atoms with van der Waals surface area (Å²) in [5.41, 5.74) is 3.38. The van der Waals surface area contributed by atoms with Gasteiger partial charge >= 0.3 is 0 Å². The Balaban J connectivity index is 1.69. The van der Waals surface area contributed by atoms with Crippen molar-refractivity contribution >= 4 is 54.8 Å². The maximum atomic E-state index is 11.6. The third kappa shape index (κ3) is 3.70. The minimum absolute atomic E-state index is 0.0792. The number of fused-ring (bicyclic) bond motifs is 1. The van der Waals surface area contributed by atoms with Crippen molar-refractivity contribution < 1.29 is 10.2 Å². The zero-order valence-corrected chi connectivity index (χ0v) is 18.2. The third-order valence-electron chi connectivity index (χ3n) is 4.38. The number of aromatic hydroxyl groups is 2. The van der Waals surface area contributed by atoms with Crippen LogP contribution in [0.15, 0.2) is 61.3 Å². The van der Waals surface area contributed by atoms with E-state index in [0.29, 0.717) is 21.5 Å². The molecule has 2 aromatic carbocycles. The maximum Gasteiger partial charge on any atom is 0.250 e. The molecule has 2 heterocycles. The molecule has 4 aromatic rings. The number of rotatable bonds is 3. The van der Waals surface area contributed by atoms with Gasteiger partial charge in [-0.05, 0) is 62.2 Å². The number of aryl methyl sites for hydroxylation is 1. The van der Waals surface area contributed by atoms with Crippen molar-refractivity contribution in [3.05, 3.63) is 67.5 Å². The van der Waals surface area contributed by atoms with Gasteiger partial charge in [0.25, 0.3) is 0 Å². The number of nitrogens with one attached hydrogen (secondary N) is 1. The second-order valence-corrected chi connectivity index (χ2v) is 8.02. The first-order valence-corrected chi connectivity index (χ1v) is 10.0. The highest BCUT2D eigenvalue weighted by atomic mass is 79.9. The van der Waals surface area contributed by atoms with Crippen LogP contribution in [0.1, 0.15) is 5.56 Å². The summed E-state index contributed by atoms with van der Waals surface area (Å²) in [6.45, 7) is 0. The van der Waals surface area contributed by atoms with Crippen LogP contribution in [0.5, 0.6) is 11.5 Å². The van der Waals surface area contributed by atoms with Crippen LogP contribution < -0.4 is 5.56 Å². The second kappa shape index (κ2) is 7.49. The molecule has 0 amide bonds. The Bertz CT molecular complexity index is 1340. The molecule has 7 nitrogen and oxygen atoms in total. The Morgan fingerprint density at radius 1 is 1.14 bits per heavy atom. The second-order valence-electron chi connectivity index (χ2n) is 6.37. The average molecular weight is 518 g/mol. The number of hydrogen-bond donors (Lipinski definition) is 3. The zero-order chi connectivity index (χ0) is 20.7. The first kappa shape index (κ1) is 19.4. The first-order valence-electron chi connectivity index (χ1n) is 8.44. The van der Waals surface area contributed by atoms with Gasteiger partial charge < -0.3 is 19.8 Å². The number of aromatic amines is 1. The molecule has 0 saturated carbocycles. The number of pyridine rings is 1. The van der Waals surface area contributed by atoms with E-state index in [9.17, 15) is 15.0 Å². The Kier molecular flexibility index (Phi) is 5.01. The molecule has 29 heavy (non-hydrogen) atoms. The van der Waals surface area contributed by atoms with Crippen molar-refractivity contribution in [2.45, 2.75) is 0 Å². The standard InChI is InChI=1S/C20H14Br2N4O3/c1-26-9-10(2-5-16(26)27)20-24-14-4-3-12(7-15(14)25-20)23-8-11-6-13(21)19(29)17(22)18(11)28/h2-9,28-29H,1H3,(H,24,25). The molecule has 3 N–H and O–H groups in total. The average Bonchev–Trinajstić information content (AvgIpc) is 3.13. The fourth-order valence-corrected chi connectivity index (χ4v) is 3.96. The van der Waals surface area contributed by atoms with Gasteiger partial charge in [-0.15, -0.1) is 0 Å². The number of aliphatic imine (C=N–C) groups is 1. The topological polar surface area (TPSA) is 104 Å². The van der Waals surface area contributed by atoms with E-state index in [4.69, 9.17) is 0 Å². The quantitative estimate of drug-likeness (QED) is 0.345. The van der Waals surface area contributed by atoms with Gasteiger partial charge in [-0.3, -0.25) is 9.79 Å².